The van der Waals surface area contributed by atoms with E-state index in [2.05, 4.69) is 0 Å². The van der Waals surface area contributed by atoms with Crippen LogP contribution in [0.15, 0.2) is 24.3 Å². The first-order valence-corrected chi connectivity index (χ1v) is 8.62. The monoisotopic (exact) mass is 294 g/mol. The van der Waals surface area contributed by atoms with Crippen LogP contribution in [0.2, 0.25) is 0 Å². The lowest BCUT2D eigenvalue weighted by Crippen LogP contribution is -2.50. The molecular weight excluding hydrogens is 272 g/mol. The summed E-state index contributed by atoms with van der Waals surface area (Å²) in [6.07, 6.45) is 5.15. The maximum absolute atomic E-state index is 12.2. The fourth-order valence-corrected chi connectivity index (χ4v) is 5.97. The van der Waals surface area contributed by atoms with E-state index >= 15 is 0 Å². The highest BCUT2D eigenvalue weighted by Crippen LogP contribution is 2.40. The Morgan fingerprint density at radius 1 is 1.35 bits per heavy atom. The predicted octanol–water partition coefficient (Wildman–Crippen LogP) is 2.43. The first-order valence-electron chi connectivity index (χ1n) is 7.34. The van der Waals surface area contributed by atoms with Crippen LogP contribution in [0.4, 0.5) is 0 Å². The van der Waals surface area contributed by atoms with Crippen molar-refractivity contribution in [2.24, 2.45) is 0 Å². The summed E-state index contributed by atoms with van der Waals surface area (Å²) in [5.74, 6) is 0.825. The van der Waals surface area contributed by atoms with Gasteiger partial charge in [-0.1, -0.05) is 18.6 Å². The van der Waals surface area contributed by atoms with E-state index < -0.39 is 16.4 Å². The molecule has 2 aliphatic rings. The van der Waals surface area contributed by atoms with Crippen molar-refractivity contribution in [3.63, 3.8) is 0 Å². The Bertz CT molecular complexity index is 498. The van der Waals surface area contributed by atoms with Gasteiger partial charge >= 0.3 is 0 Å². The highest BCUT2D eigenvalue weighted by Gasteiger charge is 2.45. The third-order valence-corrected chi connectivity index (χ3v) is 6.71. The molecule has 20 heavy (non-hydrogen) atoms. The van der Waals surface area contributed by atoms with Gasteiger partial charge in [0.15, 0.2) is 0 Å². The summed E-state index contributed by atoms with van der Waals surface area (Å²) >= 11 is 0. The van der Waals surface area contributed by atoms with Crippen LogP contribution in [-0.2, 0) is 17.2 Å². The van der Waals surface area contributed by atoms with E-state index in [9.17, 15) is 9.32 Å². The Hall–Kier alpha value is -0.870. The molecule has 3 nitrogen and oxygen atoms in total. The molecule has 0 aliphatic carbocycles. The van der Waals surface area contributed by atoms with E-state index in [1.54, 1.807) is 7.11 Å². The van der Waals surface area contributed by atoms with Crippen LogP contribution in [-0.4, -0.2) is 32.5 Å². The quantitative estimate of drug-likeness (QED) is 0.931. The molecule has 0 aromatic heterocycles. The van der Waals surface area contributed by atoms with E-state index in [0.717, 1.165) is 30.6 Å². The van der Waals surface area contributed by atoms with E-state index in [1.165, 1.54) is 0 Å². The summed E-state index contributed by atoms with van der Waals surface area (Å²) in [4.78, 5) is 0. The van der Waals surface area contributed by atoms with E-state index in [1.807, 2.05) is 24.3 Å². The number of ether oxygens (including phenoxy) is 1. The highest BCUT2D eigenvalue weighted by molar-refractivity contribution is 7.86. The van der Waals surface area contributed by atoms with E-state index in [0.29, 0.717) is 19.3 Å². The van der Waals surface area contributed by atoms with Crippen LogP contribution in [0.3, 0.4) is 0 Å². The topological polar surface area (TPSA) is 46.5 Å². The van der Waals surface area contributed by atoms with E-state index in [-0.39, 0.29) is 10.5 Å². The molecule has 2 unspecified atom stereocenters. The Labute approximate surface area is 122 Å². The summed E-state index contributed by atoms with van der Waals surface area (Å²) in [6.45, 7) is 0. The van der Waals surface area contributed by atoms with Gasteiger partial charge in [0, 0.05) is 27.7 Å². The van der Waals surface area contributed by atoms with Crippen LogP contribution in [0.25, 0.3) is 0 Å². The van der Waals surface area contributed by atoms with Crippen LogP contribution in [0.5, 0.6) is 5.75 Å². The van der Waals surface area contributed by atoms with Crippen molar-refractivity contribution >= 4 is 10.8 Å². The Kier molecular flexibility index (Phi) is 3.87. The molecule has 3 rings (SSSR count). The van der Waals surface area contributed by atoms with Crippen molar-refractivity contribution in [2.75, 3.05) is 7.11 Å². The van der Waals surface area contributed by atoms with Crippen molar-refractivity contribution < 1.29 is 14.1 Å². The van der Waals surface area contributed by atoms with Gasteiger partial charge in [0.25, 0.3) is 0 Å². The summed E-state index contributed by atoms with van der Waals surface area (Å²) in [5.41, 5.74) is 0.397. The molecule has 2 bridgehead atoms. The maximum Gasteiger partial charge on any atom is 0.119 e. The number of benzene rings is 1. The molecule has 0 radical (unpaired) electrons. The molecule has 2 aliphatic heterocycles. The zero-order valence-corrected chi connectivity index (χ0v) is 12.7. The summed E-state index contributed by atoms with van der Waals surface area (Å²) in [7, 11) is 0.923. The molecule has 1 aromatic carbocycles. The van der Waals surface area contributed by atoms with Crippen LogP contribution >= 0.6 is 0 Å². The Morgan fingerprint density at radius 3 is 2.70 bits per heavy atom. The van der Waals surface area contributed by atoms with Gasteiger partial charge in [-0.2, -0.15) is 0 Å². The molecule has 2 heterocycles. The second-order valence-electron chi connectivity index (χ2n) is 6.16. The first-order chi connectivity index (χ1) is 9.59. The van der Waals surface area contributed by atoms with Crippen molar-refractivity contribution in [3.8, 4) is 5.75 Å². The van der Waals surface area contributed by atoms with Gasteiger partial charge in [0.05, 0.1) is 12.7 Å². The zero-order chi connectivity index (χ0) is 14.2. The standard InChI is InChI=1S/C16H22O3S/c1-19-13-5-2-4-12(8-13)9-16(17)10-14-6-3-7-15(11-16)20(14)18/h2,4-5,8,14-15,17H,3,6-7,9-11H2,1H3. The van der Waals surface area contributed by atoms with Gasteiger partial charge in [-0.05, 0) is 43.4 Å². The Morgan fingerprint density at radius 2 is 2.05 bits per heavy atom. The maximum atomic E-state index is 12.2. The molecule has 1 aromatic rings. The number of hydrogen-bond donors (Lipinski definition) is 1. The molecule has 2 fully saturated rings. The molecular formula is C16H22O3S. The lowest BCUT2D eigenvalue weighted by atomic mass is 9.81. The number of fused-ring (bicyclic) bond motifs is 2. The predicted molar refractivity (Wildman–Crippen MR) is 80.5 cm³/mol. The fraction of sp³-hybridized carbons (Fsp3) is 0.625. The van der Waals surface area contributed by atoms with Crippen LogP contribution < -0.4 is 4.74 Å². The molecule has 110 valence electrons. The lowest BCUT2D eigenvalue weighted by molar-refractivity contribution is 0.0114. The number of methoxy groups -OCH3 is 1. The molecule has 0 saturated carbocycles. The SMILES string of the molecule is COc1cccc(CC2(O)CC3CCCC(C2)S3=O)c1. The third kappa shape index (κ3) is 2.77. The molecule has 0 spiro atoms. The minimum atomic E-state index is -0.731. The normalized spacial score (nSPS) is 36.6. The van der Waals surface area contributed by atoms with Gasteiger partial charge in [-0.3, -0.25) is 4.21 Å². The van der Waals surface area contributed by atoms with Gasteiger partial charge < -0.3 is 9.84 Å². The molecule has 0 amide bonds. The smallest absolute Gasteiger partial charge is 0.119 e. The molecule has 2 saturated heterocycles. The Balaban J connectivity index is 1.77. The molecule has 1 N–H and O–H groups in total. The van der Waals surface area contributed by atoms with Gasteiger partial charge in [-0.25, -0.2) is 0 Å². The minimum Gasteiger partial charge on any atom is -0.497 e. The summed E-state index contributed by atoms with van der Waals surface area (Å²) in [5, 5.41) is 11.3. The van der Waals surface area contributed by atoms with Gasteiger partial charge in [0.1, 0.15) is 5.75 Å². The van der Waals surface area contributed by atoms with Crippen molar-refractivity contribution in [1.82, 2.24) is 0 Å². The van der Waals surface area contributed by atoms with Gasteiger partial charge in [0.2, 0.25) is 0 Å². The number of rotatable bonds is 3. The lowest BCUT2D eigenvalue weighted by Gasteiger charge is -2.43. The highest BCUT2D eigenvalue weighted by atomic mass is 32.2. The third-order valence-electron chi connectivity index (χ3n) is 4.59. The zero-order valence-electron chi connectivity index (χ0n) is 11.9. The molecule has 2 atom stereocenters. The minimum absolute atomic E-state index is 0.193. The van der Waals surface area contributed by atoms with E-state index in [4.69, 9.17) is 4.74 Å². The average Bonchev–Trinajstić information content (AvgIpc) is 2.41. The number of aliphatic hydroxyl groups is 1. The molecule has 4 heteroatoms. The fourth-order valence-electron chi connectivity index (χ4n) is 3.68. The average molecular weight is 294 g/mol. The van der Waals surface area contributed by atoms with Crippen molar-refractivity contribution in [2.45, 2.75) is 54.6 Å². The van der Waals surface area contributed by atoms with Crippen molar-refractivity contribution in [3.05, 3.63) is 29.8 Å². The van der Waals surface area contributed by atoms with Crippen LogP contribution in [0, 0.1) is 0 Å². The largest absolute Gasteiger partial charge is 0.497 e. The summed E-state index contributed by atoms with van der Waals surface area (Å²) < 4.78 is 17.5. The van der Waals surface area contributed by atoms with Crippen LogP contribution in [0.1, 0.15) is 37.7 Å². The second-order valence-corrected chi connectivity index (χ2v) is 8.15. The summed E-state index contributed by atoms with van der Waals surface area (Å²) in [6, 6.07) is 7.89. The van der Waals surface area contributed by atoms with Gasteiger partial charge in [-0.15, -0.1) is 0 Å². The second kappa shape index (κ2) is 5.49. The van der Waals surface area contributed by atoms with Crippen molar-refractivity contribution in [1.29, 1.82) is 0 Å². The number of hydrogen-bond acceptors (Lipinski definition) is 3. The first kappa shape index (κ1) is 14.1.